The first-order valence-electron chi connectivity index (χ1n) is 8.28. The number of amides is 1. The SMILES string of the molecule is CCOC(=O)c1ccc(NC(=O)[C@H]2Nc3cc(C)ccc3S(=O)(=O)N2)cc1. The Kier molecular flexibility index (Phi) is 5.15. The predicted octanol–water partition coefficient (Wildman–Crippen LogP) is 1.84. The first kappa shape index (κ1) is 18.9. The molecule has 0 fully saturated rings. The molecular formula is C18H19N3O5S. The Balaban J connectivity index is 1.74. The lowest BCUT2D eigenvalue weighted by atomic mass is 10.2. The van der Waals surface area contributed by atoms with E-state index in [0.29, 0.717) is 16.9 Å². The molecular weight excluding hydrogens is 370 g/mol. The van der Waals surface area contributed by atoms with Gasteiger partial charge in [-0.1, -0.05) is 6.07 Å². The molecule has 2 aromatic carbocycles. The highest BCUT2D eigenvalue weighted by atomic mass is 32.2. The Hall–Kier alpha value is -2.91. The zero-order valence-electron chi connectivity index (χ0n) is 14.8. The Morgan fingerprint density at radius 3 is 2.52 bits per heavy atom. The van der Waals surface area contributed by atoms with Crippen LogP contribution < -0.4 is 15.4 Å². The first-order valence-corrected chi connectivity index (χ1v) is 9.76. The summed E-state index contributed by atoms with van der Waals surface area (Å²) in [7, 11) is -3.80. The van der Waals surface area contributed by atoms with Gasteiger partial charge in [0.2, 0.25) is 10.0 Å². The van der Waals surface area contributed by atoms with Crippen molar-refractivity contribution < 1.29 is 22.7 Å². The Morgan fingerprint density at radius 2 is 1.85 bits per heavy atom. The zero-order valence-corrected chi connectivity index (χ0v) is 15.6. The number of hydrogen-bond donors (Lipinski definition) is 3. The molecule has 1 aliphatic heterocycles. The number of nitrogens with one attached hydrogen (secondary N) is 3. The first-order chi connectivity index (χ1) is 12.8. The maximum atomic E-state index is 12.5. The van der Waals surface area contributed by atoms with Gasteiger partial charge in [0, 0.05) is 5.69 Å². The van der Waals surface area contributed by atoms with Crippen LogP contribution in [0, 0.1) is 6.92 Å². The van der Waals surface area contributed by atoms with Gasteiger partial charge in [-0.2, -0.15) is 4.72 Å². The molecule has 1 amide bonds. The molecule has 0 radical (unpaired) electrons. The number of esters is 1. The molecule has 0 aromatic heterocycles. The average molecular weight is 389 g/mol. The summed E-state index contributed by atoms with van der Waals surface area (Å²) in [5.41, 5.74) is 2.01. The van der Waals surface area contributed by atoms with E-state index in [2.05, 4.69) is 15.4 Å². The third-order valence-electron chi connectivity index (χ3n) is 3.92. The monoisotopic (exact) mass is 389 g/mol. The molecule has 1 aliphatic rings. The smallest absolute Gasteiger partial charge is 0.338 e. The van der Waals surface area contributed by atoms with E-state index in [1.54, 1.807) is 31.2 Å². The molecule has 2 aromatic rings. The second-order valence-electron chi connectivity index (χ2n) is 5.99. The summed E-state index contributed by atoms with van der Waals surface area (Å²) in [6, 6.07) is 11.0. The van der Waals surface area contributed by atoms with E-state index in [0.717, 1.165) is 5.56 Å². The van der Waals surface area contributed by atoms with Crippen LogP contribution in [0.3, 0.4) is 0 Å². The normalized spacial score (nSPS) is 17.3. The second-order valence-corrected chi connectivity index (χ2v) is 7.67. The highest BCUT2D eigenvalue weighted by Crippen LogP contribution is 2.27. The van der Waals surface area contributed by atoms with Crippen molar-refractivity contribution in [2.45, 2.75) is 24.9 Å². The minimum atomic E-state index is -3.80. The molecule has 0 saturated carbocycles. The fourth-order valence-corrected chi connectivity index (χ4v) is 3.89. The molecule has 142 valence electrons. The third kappa shape index (κ3) is 4.09. The van der Waals surface area contributed by atoms with Crippen LogP contribution in [-0.2, 0) is 19.6 Å². The van der Waals surface area contributed by atoms with Crippen molar-refractivity contribution in [1.29, 1.82) is 0 Å². The third-order valence-corrected chi connectivity index (χ3v) is 5.40. The van der Waals surface area contributed by atoms with E-state index in [9.17, 15) is 18.0 Å². The predicted molar refractivity (Wildman–Crippen MR) is 99.9 cm³/mol. The largest absolute Gasteiger partial charge is 0.462 e. The molecule has 3 N–H and O–H groups in total. The standard InChI is InChI=1S/C18H19N3O5S/c1-3-26-18(23)12-5-7-13(8-6-12)19-17(22)16-20-14-10-11(2)4-9-15(14)27(24,25)21-16/h4-10,16,20-21H,3H2,1-2H3,(H,19,22)/t16-/m0/s1. The van der Waals surface area contributed by atoms with Gasteiger partial charge in [0.05, 0.1) is 17.9 Å². The zero-order chi connectivity index (χ0) is 19.6. The minimum Gasteiger partial charge on any atom is -0.462 e. The van der Waals surface area contributed by atoms with Gasteiger partial charge in [-0.05, 0) is 55.8 Å². The van der Waals surface area contributed by atoms with Crippen molar-refractivity contribution in [1.82, 2.24) is 4.72 Å². The van der Waals surface area contributed by atoms with Gasteiger partial charge in [-0.15, -0.1) is 0 Å². The summed E-state index contributed by atoms with van der Waals surface area (Å²) in [6.45, 7) is 3.81. The van der Waals surface area contributed by atoms with E-state index in [-0.39, 0.29) is 11.5 Å². The summed E-state index contributed by atoms with van der Waals surface area (Å²) < 4.78 is 31.9. The lowest BCUT2D eigenvalue weighted by Gasteiger charge is -2.27. The number of ether oxygens (including phenoxy) is 1. The topological polar surface area (TPSA) is 114 Å². The second kappa shape index (κ2) is 7.37. The van der Waals surface area contributed by atoms with Crippen molar-refractivity contribution in [3.05, 3.63) is 53.6 Å². The Morgan fingerprint density at radius 1 is 1.15 bits per heavy atom. The Labute approximate surface area is 157 Å². The molecule has 1 heterocycles. The summed E-state index contributed by atoms with van der Waals surface area (Å²) >= 11 is 0. The lowest BCUT2D eigenvalue weighted by Crippen LogP contribution is -2.51. The number of hydrogen-bond acceptors (Lipinski definition) is 6. The number of rotatable bonds is 4. The molecule has 1 atom stereocenters. The molecule has 0 saturated heterocycles. The van der Waals surface area contributed by atoms with Gasteiger partial charge in [0.1, 0.15) is 4.90 Å². The van der Waals surface area contributed by atoms with Crippen LogP contribution in [0.15, 0.2) is 47.4 Å². The van der Waals surface area contributed by atoms with Crippen LogP contribution in [0.5, 0.6) is 0 Å². The highest BCUT2D eigenvalue weighted by molar-refractivity contribution is 7.89. The van der Waals surface area contributed by atoms with Crippen LogP contribution in [0.4, 0.5) is 11.4 Å². The molecule has 3 rings (SSSR count). The average Bonchev–Trinajstić information content (AvgIpc) is 2.61. The number of carbonyl (C=O) groups is 2. The number of carbonyl (C=O) groups excluding carboxylic acids is 2. The van der Waals surface area contributed by atoms with Gasteiger partial charge in [0.15, 0.2) is 6.17 Å². The van der Waals surface area contributed by atoms with Crippen molar-refractivity contribution in [3.63, 3.8) is 0 Å². The minimum absolute atomic E-state index is 0.0935. The fraction of sp³-hybridized carbons (Fsp3) is 0.222. The van der Waals surface area contributed by atoms with Gasteiger partial charge < -0.3 is 15.4 Å². The molecule has 9 heteroatoms. The summed E-state index contributed by atoms with van der Waals surface area (Å²) in [4.78, 5) is 24.2. The molecule has 0 bridgehead atoms. The van der Waals surface area contributed by atoms with Crippen LogP contribution in [-0.4, -0.2) is 33.1 Å². The van der Waals surface area contributed by atoms with Crippen LogP contribution in [0.1, 0.15) is 22.8 Å². The molecule has 8 nitrogen and oxygen atoms in total. The molecule has 0 spiro atoms. The number of sulfonamides is 1. The van der Waals surface area contributed by atoms with E-state index in [1.165, 1.54) is 18.2 Å². The number of anilines is 2. The highest BCUT2D eigenvalue weighted by Gasteiger charge is 2.33. The molecule has 0 unspecified atom stereocenters. The van der Waals surface area contributed by atoms with Crippen LogP contribution in [0.25, 0.3) is 0 Å². The molecule has 0 aliphatic carbocycles. The van der Waals surface area contributed by atoms with E-state index < -0.39 is 28.1 Å². The van der Waals surface area contributed by atoms with E-state index >= 15 is 0 Å². The number of benzene rings is 2. The summed E-state index contributed by atoms with van der Waals surface area (Å²) in [5.74, 6) is -1.03. The summed E-state index contributed by atoms with van der Waals surface area (Å²) in [6.07, 6.45) is -1.16. The number of aryl methyl sites for hydroxylation is 1. The van der Waals surface area contributed by atoms with E-state index in [1.807, 2.05) is 6.92 Å². The lowest BCUT2D eigenvalue weighted by molar-refractivity contribution is -0.117. The quantitative estimate of drug-likeness (QED) is 0.688. The maximum Gasteiger partial charge on any atom is 0.338 e. The van der Waals surface area contributed by atoms with E-state index in [4.69, 9.17) is 4.74 Å². The van der Waals surface area contributed by atoms with Crippen molar-refractivity contribution in [3.8, 4) is 0 Å². The van der Waals surface area contributed by atoms with Crippen molar-refractivity contribution in [2.75, 3.05) is 17.2 Å². The number of fused-ring (bicyclic) bond motifs is 1. The van der Waals surface area contributed by atoms with Gasteiger partial charge in [0.25, 0.3) is 5.91 Å². The van der Waals surface area contributed by atoms with Gasteiger partial charge in [-0.3, -0.25) is 4.79 Å². The summed E-state index contributed by atoms with van der Waals surface area (Å²) in [5, 5.41) is 5.50. The van der Waals surface area contributed by atoms with Crippen LogP contribution in [0.2, 0.25) is 0 Å². The Bertz CT molecular complexity index is 987. The maximum absolute atomic E-state index is 12.5. The van der Waals surface area contributed by atoms with Gasteiger partial charge in [-0.25, -0.2) is 13.2 Å². The van der Waals surface area contributed by atoms with Crippen LogP contribution >= 0.6 is 0 Å². The molecule has 27 heavy (non-hydrogen) atoms. The fourth-order valence-electron chi connectivity index (χ4n) is 2.63. The van der Waals surface area contributed by atoms with Crippen molar-refractivity contribution >= 4 is 33.3 Å². The van der Waals surface area contributed by atoms with Crippen molar-refractivity contribution in [2.24, 2.45) is 0 Å². The van der Waals surface area contributed by atoms with Gasteiger partial charge >= 0.3 is 5.97 Å².